The number of anilines is 1. The number of halogens is 3. The minimum Gasteiger partial charge on any atom is -0.393 e. The molecule has 0 radical (unpaired) electrons. The number of nitrogens with zero attached hydrogens (tertiary/aromatic N) is 1. The summed E-state index contributed by atoms with van der Waals surface area (Å²) in [6.45, 7) is 1.20. The second-order valence-corrected chi connectivity index (χ2v) is 8.46. The van der Waals surface area contributed by atoms with Crippen LogP contribution in [0.15, 0.2) is 45.2 Å². The van der Waals surface area contributed by atoms with Crippen LogP contribution in [-0.4, -0.2) is 31.9 Å². The van der Waals surface area contributed by atoms with Crippen molar-refractivity contribution < 1.29 is 31.2 Å². The van der Waals surface area contributed by atoms with Crippen LogP contribution in [0.25, 0.3) is 0 Å². The van der Waals surface area contributed by atoms with Crippen LogP contribution in [0.4, 0.5) is 18.9 Å². The summed E-state index contributed by atoms with van der Waals surface area (Å²) >= 11 is 0. The van der Waals surface area contributed by atoms with E-state index in [1.54, 1.807) is 0 Å². The third-order valence-corrected chi connectivity index (χ3v) is 5.71. The topological polar surface area (TPSA) is 196 Å². The van der Waals surface area contributed by atoms with Gasteiger partial charge in [0.1, 0.15) is 12.3 Å². The van der Waals surface area contributed by atoms with Crippen LogP contribution in [0.5, 0.6) is 0 Å². The van der Waals surface area contributed by atoms with Crippen molar-refractivity contribution in [1.29, 1.82) is 0 Å². The fourth-order valence-corrected chi connectivity index (χ4v) is 4.28. The molecule has 15 heteroatoms. The van der Waals surface area contributed by atoms with Crippen molar-refractivity contribution in [2.75, 3.05) is 11.3 Å². The van der Waals surface area contributed by atoms with Gasteiger partial charge in [-0.1, -0.05) is 12.1 Å². The molecule has 33 heavy (non-hydrogen) atoms. The standard InChI is InChI=1S/C18H21F3N6O5S/c1-9-8-11(10(15(22)28)6-7-32-26-17(23)24)14(16(29)25-9)27-33(30,31)13-5-3-2-4-12(13)18(19,20)21/h2-5,8,10,27H,6-7H2,1H3,(H2,22,28)(H,25,29)(H4,23,24,26). The number of amides is 1. The molecule has 11 nitrogen and oxygen atoms in total. The molecule has 0 fully saturated rings. The molecule has 180 valence electrons. The Morgan fingerprint density at radius 1 is 1.24 bits per heavy atom. The average Bonchev–Trinajstić information content (AvgIpc) is 2.69. The van der Waals surface area contributed by atoms with E-state index in [-0.39, 0.29) is 24.3 Å². The minimum absolute atomic E-state index is 0.162. The lowest BCUT2D eigenvalue weighted by Gasteiger charge is -2.19. The molecule has 1 aromatic carbocycles. The van der Waals surface area contributed by atoms with Crippen LogP contribution in [0, 0.1) is 6.92 Å². The van der Waals surface area contributed by atoms with Gasteiger partial charge in [0, 0.05) is 5.69 Å². The number of nitrogens with two attached hydrogens (primary N) is 3. The Morgan fingerprint density at radius 3 is 2.45 bits per heavy atom. The molecular weight excluding hydrogens is 469 g/mol. The van der Waals surface area contributed by atoms with Crippen LogP contribution in [-0.2, 0) is 25.8 Å². The fraction of sp³-hybridized carbons (Fsp3) is 0.278. The molecule has 0 aliphatic heterocycles. The first kappa shape index (κ1) is 25.5. The third kappa shape index (κ3) is 6.38. The summed E-state index contributed by atoms with van der Waals surface area (Å²) in [6, 6.07) is 4.71. The Balaban J connectivity index is 2.55. The van der Waals surface area contributed by atoms with Crippen LogP contribution in [0.2, 0.25) is 0 Å². The summed E-state index contributed by atoms with van der Waals surface area (Å²) in [4.78, 5) is 30.7. The molecule has 1 unspecified atom stereocenters. The first-order chi connectivity index (χ1) is 15.2. The number of H-pyrrole nitrogens is 1. The summed E-state index contributed by atoms with van der Waals surface area (Å²) in [5.41, 5.74) is 12.7. The summed E-state index contributed by atoms with van der Waals surface area (Å²) in [5.74, 6) is -2.62. The maximum absolute atomic E-state index is 13.3. The number of hydrogen-bond donors (Lipinski definition) is 5. The first-order valence-corrected chi connectivity index (χ1v) is 10.7. The molecule has 1 aromatic heterocycles. The zero-order valence-electron chi connectivity index (χ0n) is 17.1. The predicted molar refractivity (Wildman–Crippen MR) is 112 cm³/mol. The average molecular weight is 490 g/mol. The van der Waals surface area contributed by atoms with Crippen LogP contribution in [0.3, 0.4) is 0 Å². The highest BCUT2D eigenvalue weighted by atomic mass is 32.2. The number of nitrogens with one attached hydrogen (secondary N) is 2. The molecule has 1 heterocycles. The zero-order valence-corrected chi connectivity index (χ0v) is 18.0. The number of hydrogen-bond acceptors (Lipinski definition) is 6. The zero-order chi connectivity index (χ0) is 25.0. The van der Waals surface area contributed by atoms with Crippen LogP contribution < -0.4 is 27.5 Å². The predicted octanol–water partition coefficient (Wildman–Crippen LogP) is 0.667. The monoisotopic (exact) mass is 490 g/mol. The lowest BCUT2D eigenvalue weighted by atomic mass is 9.94. The van der Waals surface area contributed by atoms with Crippen molar-refractivity contribution in [1.82, 2.24) is 4.98 Å². The van der Waals surface area contributed by atoms with Gasteiger partial charge in [0.25, 0.3) is 15.6 Å². The van der Waals surface area contributed by atoms with E-state index in [1.165, 1.54) is 13.0 Å². The van der Waals surface area contributed by atoms with Gasteiger partial charge >= 0.3 is 6.18 Å². The Labute approximate surface area is 185 Å². The molecule has 2 aromatic rings. The largest absolute Gasteiger partial charge is 0.417 e. The number of guanidine groups is 1. The molecule has 1 amide bonds. The number of alkyl halides is 3. The van der Waals surface area contributed by atoms with Gasteiger partial charge in [0.2, 0.25) is 11.9 Å². The molecular formula is C18H21F3N6O5S. The van der Waals surface area contributed by atoms with Crippen molar-refractivity contribution in [2.24, 2.45) is 22.4 Å². The summed E-state index contributed by atoms with van der Waals surface area (Å²) in [7, 11) is -4.91. The number of aromatic amines is 1. The van der Waals surface area contributed by atoms with Gasteiger partial charge in [-0.05, 0) is 42.3 Å². The maximum atomic E-state index is 13.3. The van der Waals surface area contributed by atoms with Gasteiger partial charge in [0.05, 0.1) is 16.4 Å². The summed E-state index contributed by atoms with van der Waals surface area (Å²) < 4.78 is 67.5. The number of sulfonamides is 1. The Kier molecular flexibility index (Phi) is 7.58. The quantitative estimate of drug-likeness (QED) is 0.147. The second kappa shape index (κ2) is 9.81. The highest BCUT2D eigenvalue weighted by Gasteiger charge is 2.37. The van der Waals surface area contributed by atoms with Gasteiger partial charge in [-0.15, -0.1) is 0 Å². The van der Waals surface area contributed by atoms with E-state index in [4.69, 9.17) is 22.0 Å². The number of primary amides is 1. The van der Waals surface area contributed by atoms with Crippen molar-refractivity contribution in [3.8, 4) is 0 Å². The number of aromatic nitrogens is 1. The molecule has 2 rings (SSSR count). The number of benzene rings is 1. The van der Waals surface area contributed by atoms with Gasteiger partial charge in [0.15, 0.2) is 0 Å². The van der Waals surface area contributed by atoms with Crippen molar-refractivity contribution in [3.63, 3.8) is 0 Å². The number of oxime groups is 1. The van der Waals surface area contributed by atoms with Crippen molar-refractivity contribution >= 4 is 27.6 Å². The van der Waals surface area contributed by atoms with E-state index >= 15 is 0 Å². The fourth-order valence-electron chi connectivity index (χ4n) is 2.96. The number of aryl methyl sites for hydroxylation is 1. The molecule has 8 N–H and O–H groups in total. The summed E-state index contributed by atoms with van der Waals surface area (Å²) in [5, 5.41) is 3.27. The highest BCUT2D eigenvalue weighted by molar-refractivity contribution is 7.92. The van der Waals surface area contributed by atoms with E-state index in [2.05, 4.69) is 10.1 Å². The Bertz CT molecular complexity index is 1220. The van der Waals surface area contributed by atoms with Gasteiger partial charge < -0.3 is 27.0 Å². The molecule has 0 saturated carbocycles. The van der Waals surface area contributed by atoms with Crippen molar-refractivity contribution in [3.05, 3.63) is 57.5 Å². The first-order valence-electron chi connectivity index (χ1n) is 9.17. The molecule has 0 saturated heterocycles. The van der Waals surface area contributed by atoms with Gasteiger partial charge in [-0.25, -0.2) is 8.42 Å². The van der Waals surface area contributed by atoms with E-state index in [0.717, 1.165) is 18.2 Å². The minimum atomic E-state index is -4.98. The molecule has 1 atom stereocenters. The lowest BCUT2D eigenvalue weighted by molar-refractivity contribution is -0.139. The summed E-state index contributed by atoms with van der Waals surface area (Å²) in [6.07, 6.45) is -5.16. The smallest absolute Gasteiger partial charge is 0.393 e. The SMILES string of the molecule is Cc1cc(C(CCON=C(N)N)C(N)=O)c(NS(=O)(=O)c2ccccc2C(F)(F)F)c(=O)[nH]1. The number of rotatable bonds is 9. The van der Waals surface area contributed by atoms with E-state index in [9.17, 15) is 31.2 Å². The Morgan fingerprint density at radius 2 is 1.88 bits per heavy atom. The lowest BCUT2D eigenvalue weighted by Crippen LogP contribution is -2.29. The second-order valence-electron chi connectivity index (χ2n) is 6.80. The molecule has 0 aliphatic rings. The highest BCUT2D eigenvalue weighted by Crippen LogP contribution is 2.35. The molecule has 0 aliphatic carbocycles. The van der Waals surface area contributed by atoms with Crippen LogP contribution in [0.1, 0.15) is 29.2 Å². The van der Waals surface area contributed by atoms with E-state index in [0.29, 0.717) is 6.07 Å². The normalized spacial score (nSPS) is 12.6. The number of carbonyl (C=O) groups excluding carboxylic acids is 1. The number of carbonyl (C=O) groups is 1. The third-order valence-electron chi connectivity index (χ3n) is 4.30. The Hall–Kier alpha value is -3.75. The maximum Gasteiger partial charge on any atom is 0.417 e. The van der Waals surface area contributed by atoms with E-state index < -0.39 is 55.7 Å². The molecule has 0 spiro atoms. The van der Waals surface area contributed by atoms with Crippen molar-refractivity contribution in [2.45, 2.75) is 30.3 Å². The number of pyridine rings is 1. The van der Waals surface area contributed by atoms with Gasteiger partial charge in [-0.3, -0.25) is 14.3 Å². The van der Waals surface area contributed by atoms with E-state index in [1.807, 2.05) is 4.72 Å². The molecule has 0 bridgehead atoms. The van der Waals surface area contributed by atoms with Gasteiger partial charge in [-0.2, -0.15) is 13.2 Å². The van der Waals surface area contributed by atoms with Crippen LogP contribution >= 0.6 is 0 Å².